The summed E-state index contributed by atoms with van der Waals surface area (Å²) in [5.41, 5.74) is 0.217. The number of ketones is 1. The molecule has 1 N–H and O–H groups in total. The van der Waals surface area contributed by atoms with Crippen LogP contribution in [0.1, 0.15) is 10.4 Å². The van der Waals surface area contributed by atoms with Crippen molar-refractivity contribution in [2.45, 2.75) is 4.90 Å². The van der Waals surface area contributed by atoms with Gasteiger partial charge in [0.1, 0.15) is 5.75 Å². The molecule has 0 bridgehead atoms. The highest BCUT2D eigenvalue weighted by atomic mass is 32.2. The Kier molecular flexibility index (Phi) is 2.24. The maximum absolute atomic E-state index is 11.6. The third-order valence-corrected chi connectivity index (χ3v) is 3.64. The Labute approximate surface area is 87.1 Å². The molecule has 0 unspecified atom stereocenters. The lowest BCUT2D eigenvalue weighted by Gasteiger charge is -2.16. The number of hydrogen-bond acceptors (Lipinski definition) is 4. The summed E-state index contributed by atoms with van der Waals surface area (Å²) in [6.07, 6.45) is 0. The number of nitrogens with one attached hydrogen (secondary N) is 1. The Morgan fingerprint density at radius 2 is 2.13 bits per heavy atom. The van der Waals surface area contributed by atoms with E-state index in [4.69, 9.17) is 4.74 Å². The van der Waals surface area contributed by atoms with E-state index in [-0.39, 0.29) is 22.8 Å². The standard InChI is InChI=1S/C9H9NO4S/c1-14-6-2-3-7-8(11)5-10-15(12,13)9(7)4-6/h2-4,10H,5H2,1H3. The van der Waals surface area contributed by atoms with Gasteiger partial charge in [-0.1, -0.05) is 0 Å². The van der Waals surface area contributed by atoms with Gasteiger partial charge in [0.15, 0.2) is 5.78 Å². The SMILES string of the molecule is COc1ccc2c(c1)S(=O)(=O)NCC2=O. The summed E-state index contributed by atoms with van der Waals surface area (Å²) >= 11 is 0. The highest BCUT2D eigenvalue weighted by Gasteiger charge is 2.28. The molecule has 1 aliphatic rings. The van der Waals surface area contributed by atoms with Gasteiger partial charge in [-0.2, -0.15) is 0 Å². The molecule has 0 spiro atoms. The van der Waals surface area contributed by atoms with Crippen LogP contribution in [0.3, 0.4) is 0 Å². The molecular weight excluding hydrogens is 218 g/mol. The first-order chi connectivity index (χ1) is 7.04. The number of ether oxygens (including phenoxy) is 1. The molecule has 1 aliphatic heterocycles. The van der Waals surface area contributed by atoms with E-state index in [1.165, 1.54) is 19.2 Å². The number of methoxy groups -OCH3 is 1. The lowest BCUT2D eigenvalue weighted by atomic mass is 10.1. The first kappa shape index (κ1) is 10.1. The summed E-state index contributed by atoms with van der Waals surface area (Å²) in [7, 11) is -2.12. The molecule has 0 saturated carbocycles. The molecule has 0 aliphatic carbocycles. The zero-order chi connectivity index (χ0) is 11.1. The van der Waals surface area contributed by atoms with Crippen molar-refractivity contribution < 1.29 is 17.9 Å². The second-order valence-electron chi connectivity index (χ2n) is 3.11. The topological polar surface area (TPSA) is 72.5 Å². The van der Waals surface area contributed by atoms with Crippen LogP contribution in [0.2, 0.25) is 0 Å². The van der Waals surface area contributed by atoms with Gasteiger partial charge in [0, 0.05) is 11.6 Å². The summed E-state index contributed by atoms with van der Waals surface area (Å²) in [5, 5.41) is 0. The summed E-state index contributed by atoms with van der Waals surface area (Å²) in [6, 6.07) is 4.38. The monoisotopic (exact) mass is 227 g/mol. The van der Waals surface area contributed by atoms with E-state index in [2.05, 4.69) is 4.72 Å². The molecule has 0 amide bonds. The fraction of sp³-hybridized carbons (Fsp3) is 0.222. The number of carbonyl (C=O) groups excluding carboxylic acids is 1. The minimum Gasteiger partial charge on any atom is -0.497 e. The van der Waals surface area contributed by atoms with Gasteiger partial charge in [0.25, 0.3) is 0 Å². The van der Waals surface area contributed by atoms with Gasteiger partial charge in [-0.05, 0) is 12.1 Å². The average molecular weight is 227 g/mol. The Balaban J connectivity index is 2.69. The van der Waals surface area contributed by atoms with E-state index in [1.54, 1.807) is 6.07 Å². The van der Waals surface area contributed by atoms with Crippen LogP contribution in [0.15, 0.2) is 23.1 Å². The Morgan fingerprint density at radius 1 is 1.40 bits per heavy atom. The van der Waals surface area contributed by atoms with Crippen LogP contribution in [0.25, 0.3) is 0 Å². The zero-order valence-corrected chi connectivity index (χ0v) is 8.80. The summed E-state index contributed by atoms with van der Waals surface area (Å²) in [4.78, 5) is 11.4. The van der Waals surface area contributed by atoms with Crippen molar-refractivity contribution in [2.75, 3.05) is 13.7 Å². The van der Waals surface area contributed by atoms with Crippen molar-refractivity contribution in [3.05, 3.63) is 23.8 Å². The van der Waals surface area contributed by atoms with Crippen LogP contribution in [0.4, 0.5) is 0 Å². The molecule has 0 radical (unpaired) electrons. The number of rotatable bonds is 1. The molecule has 6 heteroatoms. The average Bonchev–Trinajstić information content (AvgIpc) is 2.24. The van der Waals surface area contributed by atoms with Gasteiger partial charge in [0.05, 0.1) is 18.6 Å². The van der Waals surface area contributed by atoms with E-state index in [9.17, 15) is 13.2 Å². The van der Waals surface area contributed by atoms with Gasteiger partial charge in [0.2, 0.25) is 10.0 Å². The third-order valence-electron chi connectivity index (χ3n) is 2.20. The van der Waals surface area contributed by atoms with Crippen molar-refractivity contribution in [3.63, 3.8) is 0 Å². The quantitative estimate of drug-likeness (QED) is 0.742. The van der Waals surface area contributed by atoms with E-state index in [0.717, 1.165) is 0 Å². The largest absolute Gasteiger partial charge is 0.497 e. The van der Waals surface area contributed by atoms with Crippen LogP contribution in [-0.2, 0) is 10.0 Å². The number of carbonyl (C=O) groups is 1. The fourth-order valence-electron chi connectivity index (χ4n) is 1.42. The zero-order valence-electron chi connectivity index (χ0n) is 7.98. The van der Waals surface area contributed by atoms with Crippen molar-refractivity contribution in [1.29, 1.82) is 0 Å². The van der Waals surface area contributed by atoms with Gasteiger partial charge >= 0.3 is 0 Å². The van der Waals surface area contributed by atoms with E-state index >= 15 is 0 Å². The van der Waals surface area contributed by atoms with Crippen molar-refractivity contribution in [3.8, 4) is 5.75 Å². The van der Waals surface area contributed by atoms with Crippen LogP contribution < -0.4 is 9.46 Å². The van der Waals surface area contributed by atoms with Crippen LogP contribution in [-0.4, -0.2) is 27.9 Å². The van der Waals surface area contributed by atoms with Gasteiger partial charge in [-0.25, -0.2) is 13.1 Å². The molecule has 0 atom stereocenters. The second kappa shape index (κ2) is 3.32. The van der Waals surface area contributed by atoms with Gasteiger partial charge in [-0.15, -0.1) is 0 Å². The molecule has 15 heavy (non-hydrogen) atoms. The number of hydrogen-bond donors (Lipinski definition) is 1. The molecule has 1 aromatic carbocycles. The van der Waals surface area contributed by atoms with Crippen LogP contribution in [0, 0.1) is 0 Å². The fourth-order valence-corrected chi connectivity index (χ4v) is 2.64. The first-order valence-electron chi connectivity index (χ1n) is 4.25. The lowest BCUT2D eigenvalue weighted by Crippen LogP contribution is -2.36. The van der Waals surface area contributed by atoms with Crippen LogP contribution >= 0.6 is 0 Å². The predicted molar refractivity (Wildman–Crippen MR) is 52.5 cm³/mol. The van der Waals surface area contributed by atoms with Crippen LogP contribution in [0.5, 0.6) is 5.75 Å². The molecule has 2 rings (SSSR count). The van der Waals surface area contributed by atoms with E-state index in [0.29, 0.717) is 5.75 Å². The molecule has 1 aromatic rings. The molecule has 5 nitrogen and oxygen atoms in total. The molecule has 1 heterocycles. The minimum atomic E-state index is -3.56. The number of sulfonamides is 1. The Morgan fingerprint density at radius 3 is 2.80 bits per heavy atom. The summed E-state index contributed by atoms with van der Waals surface area (Å²) in [5.74, 6) is 0.177. The maximum atomic E-state index is 11.6. The Hall–Kier alpha value is -1.40. The van der Waals surface area contributed by atoms with Crippen molar-refractivity contribution >= 4 is 15.8 Å². The van der Waals surface area contributed by atoms with E-state index < -0.39 is 10.0 Å². The number of benzene rings is 1. The van der Waals surface area contributed by atoms with Crippen molar-refractivity contribution in [2.24, 2.45) is 0 Å². The number of Topliss-reactive ketones (excluding diaryl/α,β-unsaturated/α-hetero) is 1. The maximum Gasteiger partial charge on any atom is 0.241 e. The second-order valence-corrected chi connectivity index (χ2v) is 4.85. The Bertz CT molecular complexity index is 521. The molecule has 80 valence electrons. The summed E-state index contributed by atoms with van der Waals surface area (Å²) < 4.78 is 30.2. The molecule has 0 fully saturated rings. The van der Waals surface area contributed by atoms with Crippen molar-refractivity contribution in [1.82, 2.24) is 4.72 Å². The third kappa shape index (κ3) is 1.62. The van der Waals surface area contributed by atoms with Gasteiger partial charge in [-0.3, -0.25) is 4.79 Å². The van der Waals surface area contributed by atoms with E-state index in [1.807, 2.05) is 0 Å². The number of fused-ring (bicyclic) bond motifs is 1. The molecule has 0 saturated heterocycles. The van der Waals surface area contributed by atoms with Gasteiger partial charge < -0.3 is 4.74 Å². The summed E-state index contributed by atoms with van der Waals surface area (Å²) in [6.45, 7) is -0.179. The molecular formula is C9H9NO4S. The lowest BCUT2D eigenvalue weighted by molar-refractivity contribution is 0.0990. The predicted octanol–water partition coefficient (Wildman–Crippen LogP) is 0.170. The smallest absolute Gasteiger partial charge is 0.241 e. The molecule has 0 aromatic heterocycles. The highest BCUT2D eigenvalue weighted by molar-refractivity contribution is 7.89. The first-order valence-corrected chi connectivity index (χ1v) is 5.74. The minimum absolute atomic E-state index is 0.0156. The highest BCUT2D eigenvalue weighted by Crippen LogP contribution is 2.24. The normalized spacial score (nSPS) is 18.3.